The van der Waals surface area contributed by atoms with Crippen LogP contribution in [0.15, 0.2) is 22.7 Å². The fourth-order valence-corrected chi connectivity index (χ4v) is 2.27. The molecule has 0 spiro atoms. The van der Waals surface area contributed by atoms with Gasteiger partial charge in [0.15, 0.2) is 11.6 Å². The number of halogens is 1. The van der Waals surface area contributed by atoms with E-state index in [2.05, 4.69) is 15.5 Å². The normalized spacial score (nSPS) is 18.7. The Hall–Kier alpha value is -1.95. The zero-order valence-electron chi connectivity index (χ0n) is 10.5. The van der Waals surface area contributed by atoms with E-state index in [1.807, 2.05) is 0 Å². The summed E-state index contributed by atoms with van der Waals surface area (Å²) >= 11 is 0. The lowest BCUT2D eigenvalue weighted by Crippen LogP contribution is -2.12. The van der Waals surface area contributed by atoms with Gasteiger partial charge >= 0.3 is 0 Å². The van der Waals surface area contributed by atoms with E-state index in [0.29, 0.717) is 17.3 Å². The van der Waals surface area contributed by atoms with Crippen LogP contribution in [0.2, 0.25) is 0 Å². The number of rotatable bonds is 3. The molecular weight excluding hydrogens is 249 g/mol. The number of benzene rings is 1. The van der Waals surface area contributed by atoms with Crippen LogP contribution in [-0.2, 0) is 0 Å². The molecule has 1 aromatic carbocycles. The van der Waals surface area contributed by atoms with Crippen LogP contribution < -0.4 is 10.1 Å². The summed E-state index contributed by atoms with van der Waals surface area (Å²) in [5, 5.41) is 7.18. The minimum Gasteiger partial charge on any atom is -0.493 e. The van der Waals surface area contributed by atoms with Crippen LogP contribution in [0.1, 0.15) is 24.8 Å². The number of nitrogens with one attached hydrogen (secondary N) is 1. The molecule has 6 heteroatoms. The van der Waals surface area contributed by atoms with Crippen molar-refractivity contribution in [1.82, 2.24) is 15.5 Å². The van der Waals surface area contributed by atoms with Gasteiger partial charge in [0.1, 0.15) is 0 Å². The second kappa shape index (κ2) is 4.97. The molecule has 0 radical (unpaired) electrons. The Morgan fingerprint density at radius 2 is 2.37 bits per heavy atom. The van der Waals surface area contributed by atoms with Gasteiger partial charge in [-0.2, -0.15) is 4.98 Å². The Labute approximate surface area is 109 Å². The maximum atomic E-state index is 13.6. The van der Waals surface area contributed by atoms with Crippen molar-refractivity contribution in [3.05, 3.63) is 29.9 Å². The Kier molecular flexibility index (Phi) is 3.16. The molecule has 5 nitrogen and oxygen atoms in total. The van der Waals surface area contributed by atoms with Gasteiger partial charge in [0.05, 0.1) is 18.7 Å². The van der Waals surface area contributed by atoms with Gasteiger partial charge < -0.3 is 14.6 Å². The first kappa shape index (κ1) is 12.1. The summed E-state index contributed by atoms with van der Waals surface area (Å²) < 4.78 is 23.9. The van der Waals surface area contributed by atoms with Gasteiger partial charge in [0.2, 0.25) is 11.7 Å². The molecule has 19 heavy (non-hydrogen) atoms. The van der Waals surface area contributed by atoms with Gasteiger partial charge in [0, 0.05) is 0 Å². The summed E-state index contributed by atoms with van der Waals surface area (Å²) in [6, 6.07) is 4.73. The zero-order chi connectivity index (χ0) is 13.2. The van der Waals surface area contributed by atoms with Crippen LogP contribution in [0.4, 0.5) is 4.39 Å². The number of para-hydroxylation sites is 1. The Balaban J connectivity index is 1.96. The van der Waals surface area contributed by atoms with Crippen molar-refractivity contribution in [2.75, 3.05) is 13.7 Å². The van der Waals surface area contributed by atoms with Gasteiger partial charge in [-0.25, -0.2) is 4.39 Å². The monoisotopic (exact) mass is 263 g/mol. The van der Waals surface area contributed by atoms with E-state index in [0.717, 1.165) is 19.4 Å². The summed E-state index contributed by atoms with van der Waals surface area (Å²) in [6.45, 7) is 0.950. The highest BCUT2D eigenvalue weighted by Gasteiger charge is 2.24. The first-order valence-electron chi connectivity index (χ1n) is 6.19. The Morgan fingerprint density at radius 1 is 1.47 bits per heavy atom. The highest BCUT2D eigenvalue weighted by Crippen LogP contribution is 2.31. The quantitative estimate of drug-likeness (QED) is 0.920. The molecule has 1 saturated heterocycles. The highest BCUT2D eigenvalue weighted by molar-refractivity contribution is 5.63. The molecule has 1 aliphatic rings. The molecule has 2 aromatic rings. The van der Waals surface area contributed by atoms with E-state index in [1.165, 1.54) is 13.2 Å². The van der Waals surface area contributed by atoms with E-state index in [9.17, 15) is 4.39 Å². The third-order valence-electron chi connectivity index (χ3n) is 3.21. The largest absolute Gasteiger partial charge is 0.493 e. The maximum absolute atomic E-state index is 13.6. The summed E-state index contributed by atoms with van der Waals surface area (Å²) in [7, 11) is 1.42. The predicted octanol–water partition coefficient (Wildman–Crippen LogP) is 2.31. The number of hydrogen-bond acceptors (Lipinski definition) is 5. The third-order valence-corrected chi connectivity index (χ3v) is 3.21. The fraction of sp³-hybridized carbons (Fsp3) is 0.385. The molecule has 1 aromatic heterocycles. The zero-order valence-corrected chi connectivity index (χ0v) is 10.5. The molecule has 0 saturated carbocycles. The molecule has 100 valence electrons. The van der Waals surface area contributed by atoms with Crippen molar-refractivity contribution in [3.63, 3.8) is 0 Å². The minimum absolute atomic E-state index is 0.0980. The van der Waals surface area contributed by atoms with Gasteiger partial charge in [-0.05, 0) is 31.5 Å². The van der Waals surface area contributed by atoms with Crippen molar-refractivity contribution in [3.8, 4) is 17.1 Å². The van der Waals surface area contributed by atoms with Gasteiger partial charge in [-0.3, -0.25) is 0 Å². The standard InChI is InChI=1S/C13H14FN3O2/c1-18-11-8(4-2-5-9(11)14)12-16-13(19-17-12)10-6-3-7-15-10/h2,4-5,10,15H,3,6-7H2,1H3. The van der Waals surface area contributed by atoms with E-state index in [-0.39, 0.29) is 11.8 Å². The van der Waals surface area contributed by atoms with Crippen LogP contribution in [0.5, 0.6) is 5.75 Å². The van der Waals surface area contributed by atoms with Gasteiger partial charge in [-0.15, -0.1) is 0 Å². The first-order valence-corrected chi connectivity index (χ1v) is 6.19. The average Bonchev–Trinajstić information content (AvgIpc) is 3.09. The van der Waals surface area contributed by atoms with Crippen molar-refractivity contribution >= 4 is 0 Å². The topological polar surface area (TPSA) is 60.2 Å². The number of methoxy groups -OCH3 is 1. The van der Waals surface area contributed by atoms with Crippen LogP contribution >= 0.6 is 0 Å². The van der Waals surface area contributed by atoms with Gasteiger partial charge in [-0.1, -0.05) is 11.2 Å². The second-order valence-electron chi connectivity index (χ2n) is 4.43. The van der Waals surface area contributed by atoms with Gasteiger partial charge in [0.25, 0.3) is 0 Å². The molecule has 1 N–H and O–H groups in total. The number of hydrogen-bond donors (Lipinski definition) is 1. The molecule has 0 bridgehead atoms. The highest BCUT2D eigenvalue weighted by atomic mass is 19.1. The SMILES string of the molecule is COc1c(F)cccc1-c1noc(C2CCCN2)n1. The molecule has 2 heterocycles. The number of aromatic nitrogens is 2. The van der Waals surface area contributed by atoms with Crippen LogP contribution in [0.3, 0.4) is 0 Å². The first-order chi connectivity index (χ1) is 9.29. The lowest BCUT2D eigenvalue weighted by Gasteiger charge is -2.05. The lowest BCUT2D eigenvalue weighted by atomic mass is 10.2. The summed E-state index contributed by atoms with van der Waals surface area (Å²) in [5.41, 5.74) is 0.496. The molecule has 1 atom stereocenters. The second-order valence-corrected chi connectivity index (χ2v) is 4.43. The number of ether oxygens (including phenoxy) is 1. The Morgan fingerprint density at radius 3 is 3.11 bits per heavy atom. The molecular formula is C13H14FN3O2. The summed E-state index contributed by atoms with van der Waals surface area (Å²) in [5.74, 6) is 0.582. The minimum atomic E-state index is -0.439. The summed E-state index contributed by atoms with van der Waals surface area (Å²) in [4.78, 5) is 4.33. The maximum Gasteiger partial charge on any atom is 0.244 e. The van der Waals surface area contributed by atoms with Crippen molar-refractivity contribution in [2.45, 2.75) is 18.9 Å². The summed E-state index contributed by atoms with van der Waals surface area (Å²) in [6.07, 6.45) is 2.06. The number of nitrogens with zero attached hydrogens (tertiary/aromatic N) is 2. The van der Waals surface area contributed by atoms with Crippen LogP contribution in [0.25, 0.3) is 11.4 Å². The smallest absolute Gasteiger partial charge is 0.244 e. The molecule has 1 unspecified atom stereocenters. The molecule has 1 aliphatic heterocycles. The molecule has 0 aliphatic carbocycles. The Bertz CT molecular complexity index is 579. The van der Waals surface area contributed by atoms with E-state index >= 15 is 0 Å². The predicted molar refractivity (Wildman–Crippen MR) is 66.2 cm³/mol. The van der Waals surface area contributed by atoms with Crippen LogP contribution in [0, 0.1) is 5.82 Å². The fourth-order valence-electron chi connectivity index (χ4n) is 2.27. The van der Waals surface area contributed by atoms with E-state index < -0.39 is 5.82 Å². The third kappa shape index (κ3) is 2.19. The lowest BCUT2D eigenvalue weighted by molar-refractivity contribution is 0.344. The molecule has 1 fully saturated rings. The van der Waals surface area contributed by atoms with Crippen molar-refractivity contribution in [2.24, 2.45) is 0 Å². The average molecular weight is 263 g/mol. The van der Waals surface area contributed by atoms with Crippen molar-refractivity contribution < 1.29 is 13.7 Å². The van der Waals surface area contributed by atoms with Crippen molar-refractivity contribution in [1.29, 1.82) is 0 Å². The molecule has 0 amide bonds. The molecule has 3 rings (SSSR count). The van der Waals surface area contributed by atoms with E-state index in [1.54, 1.807) is 12.1 Å². The van der Waals surface area contributed by atoms with Crippen LogP contribution in [-0.4, -0.2) is 23.8 Å². The van der Waals surface area contributed by atoms with E-state index in [4.69, 9.17) is 9.26 Å².